The van der Waals surface area contributed by atoms with Crippen LogP contribution >= 0.6 is 0 Å². The molecule has 0 saturated heterocycles. The number of carbonyl (C=O) groups excluding carboxylic acids is 1. The van der Waals surface area contributed by atoms with Gasteiger partial charge in [0.15, 0.2) is 0 Å². The van der Waals surface area contributed by atoms with Gasteiger partial charge in [-0.05, 0) is 44.0 Å². The SMILES string of the molecule is CNC(=O)OC(C)CNc1cc(C)cc(C)c1. The van der Waals surface area contributed by atoms with Crippen molar-refractivity contribution in [2.75, 3.05) is 18.9 Å². The number of alkyl carbamates (subject to hydrolysis) is 1. The number of nitrogens with one attached hydrogen (secondary N) is 2. The van der Waals surface area contributed by atoms with E-state index >= 15 is 0 Å². The van der Waals surface area contributed by atoms with E-state index in [1.807, 2.05) is 6.92 Å². The Morgan fingerprint density at radius 1 is 1.29 bits per heavy atom. The van der Waals surface area contributed by atoms with E-state index in [4.69, 9.17) is 4.74 Å². The van der Waals surface area contributed by atoms with E-state index in [1.165, 1.54) is 11.1 Å². The lowest BCUT2D eigenvalue weighted by Crippen LogP contribution is -2.28. The average Bonchev–Trinajstić information content (AvgIpc) is 2.25. The zero-order valence-corrected chi connectivity index (χ0v) is 10.8. The molecule has 0 saturated carbocycles. The molecule has 1 atom stereocenters. The summed E-state index contributed by atoms with van der Waals surface area (Å²) < 4.78 is 5.07. The summed E-state index contributed by atoms with van der Waals surface area (Å²) in [6.07, 6.45) is -0.574. The number of rotatable bonds is 4. The van der Waals surface area contributed by atoms with Crippen LogP contribution in [0.3, 0.4) is 0 Å². The number of hydrogen-bond donors (Lipinski definition) is 2. The van der Waals surface area contributed by atoms with Crippen LogP contribution in [0.15, 0.2) is 18.2 Å². The zero-order valence-electron chi connectivity index (χ0n) is 10.8. The molecule has 0 aromatic heterocycles. The monoisotopic (exact) mass is 236 g/mol. The van der Waals surface area contributed by atoms with Gasteiger partial charge in [0.2, 0.25) is 0 Å². The Balaban J connectivity index is 2.47. The van der Waals surface area contributed by atoms with Gasteiger partial charge in [-0.1, -0.05) is 6.07 Å². The van der Waals surface area contributed by atoms with Gasteiger partial charge < -0.3 is 15.4 Å². The molecule has 2 N–H and O–H groups in total. The van der Waals surface area contributed by atoms with Gasteiger partial charge in [-0.15, -0.1) is 0 Å². The van der Waals surface area contributed by atoms with E-state index in [-0.39, 0.29) is 6.10 Å². The predicted molar refractivity (Wildman–Crippen MR) is 69.4 cm³/mol. The molecule has 0 aliphatic heterocycles. The highest BCUT2D eigenvalue weighted by molar-refractivity contribution is 5.66. The first-order valence-corrected chi connectivity index (χ1v) is 5.72. The Morgan fingerprint density at radius 3 is 2.41 bits per heavy atom. The lowest BCUT2D eigenvalue weighted by Gasteiger charge is -2.15. The summed E-state index contributed by atoms with van der Waals surface area (Å²) in [6.45, 7) is 6.56. The minimum absolute atomic E-state index is 0.171. The van der Waals surface area contributed by atoms with Crippen LogP contribution in [0.4, 0.5) is 10.5 Å². The summed E-state index contributed by atoms with van der Waals surface area (Å²) in [5.74, 6) is 0. The van der Waals surface area contributed by atoms with Gasteiger partial charge in [-0.3, -0.25) is 0 Å². The zero-order chi connectivity index (χ0) is 12.8. The van der Waals surface area contributed by atoms with Gasteiger partial charge in [0.25, 0.3) is 0 Å². The fourth-order valence-corrected chi connectivity index (χ4v) is 1.62. The van der Waals surface area contributed by atoms with Crippen LogP contribution in [0.5, 0.6) is 0 Å². The number of hydrogen-bond acceptors (Lipinski definition) is 3. The second kappa shape index (κ2) is 6.13. The fourth-order valence-electron chi connectivity index (χ4n) is 1.62. The molecule has 0 aliphatic carbocycles. The van der Waals surface area contributed by atoms with E-state index in [0.29, 0.717) is 6.54 Å². The maximum Gasteiger partial charge on any atom is 0.407 e. The second-order valence-electron chi connectivity index (χ2n) is 4.22. The molecule has 4 heteroatoms. The van der Waals surface area contributed by atoms with Crippen molar-refractivity contribution in [1.29, 1.82) is 0 Å². The van der Waals surface area contributed by atoms with Gasteiger partial charge in [0.1, 0.15) is 6.10 Å². The van der Waals surface area contributed by atoms with Crippen LogP contribution in [0, 0.1) is 13.8 Å². The quantitative estimate of drug-likeness (QED) is 0.844. The highest BCUT2D eigenvalue weighted by Gasteiger charge is 2.07. The van der Waals surface area contributed by atoms with E-state index in [2.05, 4.69) is 42.7 Å². The van der Waals surface area contributed by atoms with E-state index < -0.39 is 6.09 Å². The summed E-state index contributed by atoms with van der Waals surface area (Å²) in [6, 6.07) is 6.26. The van der Waals surface area contributed by atoms with Crippen molar-refractivity contribution in [3.63, 3.8) is 0 Å². The minimum Gasteiger partial charge on any atom is -0.445 e. The van der Waals surface area contributed by atoms with Crippen LogP contribution in [0.25, 0.3) is 0 Å². The smallest absolute Gasteiger partial charge is 0.407 e. The second-order valence-corrected chi connectivity index (χ2v) is 4.22. The Hall–Kier alpha value is -1.71. The maximum absolute atomic E-state index is 11.0. The summed E-state index contributed by atoms with van der Waals surface area (Å²) in [5, 5.41) is 5.67. The summed E-state index contributed by atoms with van der Waals surface area (Å²) >= 11 is 0. The molecule has 0 heterocycles. The van der Waals surface area contributed by atoms with E-state index in [9.17, 15) is 4.79 Å². The molecule has 1 aromatic rings. The fraction of sp³-hybridized carbons (Fsp3) is 0.462. The van der Waals surface area contributed by atoms with Gasteiger partial charge in [0, 0.05) is 12.7 Å². The van der Waals surface area contributed by atoms with Crippen LogP contribution in [0.2, 0.25) is 0 Å². The Labute approximate surface area is 102 Å². The summed E-state index contributed by atoms with van der Waals surface area (Å²) in [4.78, 5) is 11.0. The van der Waals surface area contributed by atoms with Crippen molar-refractivity contribution in [3.8, 4) is 0 Å². The highest BCUT2D eigenvalue weighted by atomic mass is 16.6. The number of ether oxygens (including phenoxy) is 1. The highest BCUT2D eigenvalue weighted by Crippen LogP contribution is 2.13. The third kappa shape index (κ3) is 4.76. The lowest BCUT2D eigenvalue weighted by molar-refractivity contribution is 0.114. The number of benzene rings is 1. The Morgan fingerprint density at radius 2 is 1.88 bits per heavy atom. The molecular weight excluding hydrogens is 216 g/mol. The molecule has 0 aliphatic rings. The lowest BCUT2D eigenvalue weighted by atomic mass is 10.1. The largest absolute Gasteiger partial charge is 0.445 e. The molecule has 94 valence electrons. The molecule has 1 amide bonds. The summed E-state index contributed by atoms with van der Waals surface area (Å²) in [7, 11) is 1.55. The molecule has 0 fully saturated rings. The molecule has 17 heavy (non-hydrogen) atoms. The minimum atomic E-state index is -0.403. The van der Waals surface area contributed by atoms with Crippen LogP contribution in [-0.2, 0) is 4.74 Å². The average molecular weight is 236 g/mol. The predicted octanol–water partition coefficient (Wildman–Crippen LogP) is 2.46. The molecule has 0 spiro atoms. The maximum atomic E-state index is 11.0. The first-order chi connectivity index (χ1) is 8.01. The molecule has 0 bridgehead atoms. The van der Waals surface area contributed by atoms with Crippen molar-refractivity contribution >= 4 is 11.8 Å². The van der Waals surface area contributed by atoms with Crippen LogP contribution < -0.4 is 10.6 Å². The van der Waals surface area contributed by atoms with Crippen molar-refractivity contribution in [3.05, 3.63) is 29.3 Å². The molecule has 1 aromatic carbocycles. The van der Waals surface area contributed by atoms with Gasteiger partial charge >= 0.3 is 6.09 Å². The number of anilines is 1. The van der Waals surface area contributed by atoms with Gasteiger partial charge in [-0.2, -0.15) is 0 Å². The van der Waals surface area contributed by atoms with Gasteiger partial charge in [-0.25, -0.2) is 4.79 Å². The Bertz CT molecular complexity index is 371. The number of aryl methyl sites for hydroxylation is 2. The van der Waals surface area contributed by atoms with E-state index in [1.54, 1.807) is 7.05 Å². The van der Waals surface area contributed by atoms with E-state index in [0.717, 1.165) is 5.69 Å². The molecular formula is C13H20N2O2. The standard InChI is InChI=1S/C13H20N2O2/c1-9-5-10(2)7-12(6-9)15-8-11(3)17-13(16)14-4/h5-7,11,15H,8H2,1-4H3,(H,14,16). The first kappa shape index (κ1) is 13.4. The third-order valence-electron chi connectivity index (χ3n) is 2.33. The number of carbonyl (C=O) groups is 1. The molecule has 1 unspecified atom stereocenters. The van der Waals surface area contributed by atoms with Crippen molar-refractivity contribution < 1.29 is 9.53 Å². The van der Waals surface area contributed by atoms with Crippen molar-refractivity contribution in [1.82, 2.24) is 5.32 Å². The van der Waals surface area contributed by atoms with Crippen molar-refractivity contribution in [2.45, 2.75) is 26.9 Å². The Kier molecular flexibility index (Phi) is 4.82. The van der Waals surface area contributed by atoms with Crippen molar-refractivity contribution in [2.24, 2.45) is 0 Å². The number of amides is 1. The molecule has 0 radical (unpaired) electrons. The van der Waals surface area contributed by atoms with Crippen LogP contribution in [0.1, 0.15) is 18.1 Å². The third-order valence-corrected chi connectivity index (χ3v) is 2.33. The molecule has 4 nitrogen and oxygen atoms in total. The normalized spacial score (nSPS) is 11.8. The summed E-state index contributed by atoms with van der Waals surface area (Å²) in [5.41, 5.74) is 3.48. The van der Waals surface area contributed by atoms with Crippen LogP contribution in [-0.4, -0.2) is 25.8 Å². The first-order valence-electron chi connectivity index (χ1n) is 5.72. The topological polar surface area (TPSA) is 50.4 Å². The van der Waals surface area contributed by atoms with Gasteiger partial charge in [0.05, 0.1) is 6.54 Å². The molecule has 1 rings (SSSR count).